The van der Waals surface area contributed by atoms with Gasteiger partial charge in [-0.3, -0.25) is 4.79 Å². The second-order valence-corrected chi connectivity index (χ2v) is 10.4. The predicted octanol–water partition coefficient (Wildman–Crippen LogP) is 4.92. The summed E-state index contributed by atoms with van der Waals surface area (Å²) in [5, 5.41) is 3.10. The molecular weight excluding hydrogens is 432 g/mol. The van der Waals surface area contributed by atoms with Crippen LogP contribution < -0.4 is 5.32 Å². The van der Waals surface area contributed by atoms with Gasteiger partial charge in [0.1, 0.15) is 0 Å². The summed E-state index contributed by atoms with van der Waals surface area (Å²) in [6.07, 6.45) is 4.61. The number of carbonyl (C=O) groups excluding carboxylic acids is 1. The third-order valence-electron chi connectivity index (χ3n) is 6.20. The maximum atomic E-state index is 13.5. The maximum Gasteiger partial charge on any atom is 0.243 e. The first-order chi connectivity index (χ1) is 16.1. The van der Waals surface area contributed by atoms with Gasteiger partial charge in [-0.25, -0.2) is 8.42 Å². The van der Waals surface area contributed by atoms with Crippen LogP contribution in [0.4, 0.5) is 0 Å². The van der Waals surface area contributed by atoms with Gasteiger partial charge in [0.05, 0.1) is 17.5 Å². The molecule has 3 aromatic carbocycles. The van der Waals surface area contributed by atoms with E-state index in [2.05, 4.69) is 5.32 Å². The third-order valence-corrected chi connectivity index (χ3v) is 8.11. The smallest absolute Gasteiger partial charge is 0.243 e. The molecule has 3 aromatic rings. The van der Waals surface area contributed by atoms with E-state index >= 15 is 0 Å². The van der Waals surface area contributed by atoms with Crippen LogP contribution >= 0.6 is 0 Å². The molecule has 0 bridgehead atoms. The minimum atomic E-state index is -3.79. The van der Waals surface area contributed by atoms with E-state index in [4.69, 9.17) is 0 Å². The highest BCUT2D eigenvalue weighted by atomic mass is 32.2. The van der Waals surface area contributed by atoms with Gasteiger partial charge in [-0.1, -0.05) is 98.1 Å². The van der Waals surface area contributed by atoms with Gasteiger partial charge < -0.3 is 5.32 Å². The molecule has 0 spiro atoms. The van der Waals surface area contributed by atoms with E-state index < -0.39 is 10.0 Å². The molecular formula is C27H30N2O3S. The van der Waals surface area contributed by atoms with Crippen molar-refractivity contribution in [2.75, 3.05) is 6.54 Å². The molecule has 1 N–H and O–H groups in total. The van der Waals surface area contributed by atoms with Gasteiger partial charge in [0, 0.05) is 6.04 Å². The zero-order valence-corrected chi connectivity index (χ0v) is 19.5. The fourth-order valence-corrected chi connectivity index (χ4v) is 6.17. The number of sulfonamides is 1. The molecule has 0 saturated heterocycles. The lowest BCUT2D eigenvalue weighted by atomic mass is 9.95. The standard InChI is InChI=1S/C27H30N2O3S/c30-26(28-27(22-13-5-1-6-14-22)23-15-7-2-8-16-23)21-29(24-17-9-3-10-18-24)33(31,32)25-19-11-4-12-20-25/h1-2,4-8,11-16,19-20,24,27H,3,9-10,17-18,21H2,(H,28,30). The van der Waals surface area contributed by atoms with Crippen LogP contribution in [0.15, 0.2) is 95.9 Å². The molecule has 5 nitrogen and oxygen atoms in total. The summed E-state index contributed by atoms with van der Waals surface area (Å²) in [6.45, 7) is -0.196. The van der Waals surface area contributed by atoms with Crippen LogP contribution in [-0.4, -0.2) is 31.2 Å². The molecule has 6 heteroatoms. The number of rotatable bonds is 8. The number of hydrogen-bond acceptors (Lipinski definition) is 3. The van der Waals surface area contributed by atoms with Crippen molar-refractivity contribution in [3.8, 4) is 0 Å². The topological polar surface area (TPSA) is 66.5 Å². The number of hydrogen-bond donors (Lipinski definition) is 1. The van der Waals surface area contributed by atoms with Gasteiger partial charge in [0.15, 0.2) is 0 Å². The molecule has 1 saturated carbocycles. The van der Waals surface area contributed by atoms with Gasteiger partial charge in [-0.2, -0.15) is 4.31 Å². The van der Waals surface area contributed by atoms with Crippen molar-refractivity contribution in [1.82, 2.24) is 9.62 Å². The van der Waals surface area contributed by atoms with Crippen LogP contribution in [0, 0.1) is 0 Å². The molecule has 0 atom stereocenters. The summed E-state index contributed by atoms with van der Waals surface area (Å²) in [7, 11) is -3.79. The van der Waals surface area contributed by atoms with Crippen molar-refractivity contribution < 1.29 is 13.2 Å². The van der Waals surface area contributed by atoms with Crippen LogP contribution in [-0.2, 0) is 14.8 Å². The van der Waals surface area contributed by atoms with E-state index in [0.29, 0.717) is 0 Å². The quantitative estimate of drug-likeness (QED) is 0.517. The minimum Gasteiger partial charge on any atom is -0.344 e. The molecule has 1 aliphatic rings. The summed E-state index contributed by atoms with van der Waals surface area (Å²) >= 11 is 0. The molecule has 0 unspecified atom stereocenters. The summed E-state index contributed by atoms with van der Waals surface area (Å²) < 4.78 is 28.5. The van der Waals surface area contributed by atoms with Gasteiger partial charge in [-0.05, 0) is 36.1 Å². The van der Waals surface area contributed by atoms with E-state index in [1.807, 2.05) is 60.7 Å². The van der Waals surface area contributed by atoms with Gasteiger partial charge >= 0.3 is 0 Å². The average molecular weight is 463 g/mol. The first-order valence-corrected chi connectivity index (χ1v) is 13.0. The molecule has 0 radical (unpaired) electrons. The molecule has 1 amide bonds. The average Bonchev–Trinajstić information content (AvgIpc) is 2.88. The monoisotopic (exact) mass is 462 g/mol. The molecule has 0 heterocycles. The van der Waals surface area contributed by atoms with Crippen molar-refractivity contribution >= 4 is 15.9 Å². The van der Waals surface area contributed by atoms with Crippen molar-refractivity contribution in [2.45, 2.75) is 49.1 Å². The Kier molecular flexibility index (Phi) is 7.57. The zero-order chi connectivity index (χ0) is 23.1. The largest absolute Gasteiger partial charge is 0.344 e. The van der Waals surface area contributed by atoms with E-state index in [1.165, 1.54) is 4.31 Å². The van der Waals surface area contributed by atoms with Crippen molar-refractivity contribution in [1.29, 1.82) is 0 Å². The van der Waals surface area contributed by atoms with Crippen LogP contribution in [0.2, 0.25) is 0 Å². The van der Waals surface area contributed by atoms with E-state index in [0.717, 1.165) is 43.2 Å². The van der Waals surface area contributed by atoms with Crippen molar-refractivity contribution in [3.63, 3.8) is 0 Å². The summed E-state index contributed by atoms with van der Waals surface area (Å²) in [6, 6.07) is 27.4. The van der Waals surface area contributed by atoms with Gasteiger partial charge in [0.25, 0.3) is 0 Å². The fourth-order valence-electron chi connectivity index (χ4n) is 4.51. The Labute approximate surface area is 196 Å². The van der Waals surface area contributed by atoms with E-state index in [9.17, 15) is 13.2 Å². The normalized spacial score (nSPS) is 15.0. The number of nitrogens with zero attached hydrogens (tertiary/aromatic N) is 1. The predicted molar refractivity (Wildman–Crippen MR) is 130 cm³/mol. The lowest BCUT2D eigenvalue weighted by molar-refractivity contribution is -0.122. The Bertz CT molecular complexity index is 1090. The number of amides is 1. The number of nitrogens with one attached hydrogen (secondary N) is 1. The first kappa shape index (κ1) is 23.2. The highest BCUT2D eigenvalue weighted by Gasteiger charge is 2.34. The minimum absolute atomic E-state index is 0.165. The lowest BCUT2D eigenvalue weighted by Gasteiger charge is -2.33. The Morgan fingerprint density at radius 1 is 0.788 bits per heavy atom. The summed E-state index contributed by atoms with van der Waals surface area (Å²) in [5.74, 6) is -0.308. The highest BCUT2D eigenvalue weighted by Crippen LogP contribution is 2.28. The Morgan fingerprint density at radius 3 is 1.79 bits per heavy atom. The van der Waals surface area contributed by atoms with Crippen LogP contribution in [0.25, 0.3) is 0 Å². The van der Waals surface area contributed by atoms with Crippen LogP contribution in [0.5, 0.6) is 0 Å². The van der Waals surface area contributed by atoms with Crippen LogP contribution in [0.1, 0.15) is 49.3 Å². The zero-order valence-electron chi connectivity index (χ0n) is 18.6. The molecule has 1 fully saturated rings. The van der Waals surface area contributed by atoms with Gasteiger partial charge in [-0.15, -0.1) is 0 Å². The molecule has 0 aliphatic heterocycles. The molecule has 33 heavy (non-hydrogen) atoms. The fraction of sp³-hybridized carbons (Fsp3) is 0.296. The van der Waals surface area contributed by atoms with Crippen molar-refractivity contribution in [3.05, 3.63) is 102 Å². The first-order valence-electron chi connectivity index (χ1n) is 11.5. The molecule has 1 aliphatic carbocycles. The molecule has 0 aromatic heterocycles. The SMILES string of the molecule is O=C(CN(C1CCCCC1)S(=O)(=O)c1ccccc1)NC(c1ccccc1)c1ccccc1. The third kappa shape index (κ3) is 5.70. The Hall–Kier alpha value is -2.96. The maximum absolute atomic E-state index is 13.5. The van der Waals surface area contributed by atoms with Crippen molar-refractivity contribution in [2.24, 2.45) is 0 Å². The van der Waals surface area contributed by atoms with Crippen LogP contribution in [0.3, 0.4) is 0 Å². The Morgan fingerprint density at radius 2 is 1.27 bits per heavy atom. The summed E-state index contributed by atoms with van der Waals surface area (Å²) in [5.41, 5.74) is 1.90. The highest BCUT2D eigenvalue weighted by molar-refractivity contribution is 7.89. The second kappa shape index (κ2) is 10.8. The Balaban J connectivity index is 1.60. The lowest BCUT2D eigenvalue weighted by Crippen LogP contribution is -2.47. The summed E-state index contributed by atoms with van der Waals surface area (Å²) in [4.78, 5) is 13.5. The van der Waals surface area contributed by atoms with Gasteiger partial charge in [0.2, 0.25) is 15.9 Å². The van der Waals surface area contributed by atoms with E-state index in [-0.39, 0.29) is 29.4 Å². The van der Waals surface area contributed by atoms with E-state index in [1.54, 1.807) is 30.3 Å². The number of benzene rings is 3. The molecule has 4 rings (SSSR count). The second-order valence-electron chi connectivity index (χ2n) is 8.48. The number of carbonyl (C=O) groups is 1. The molecule has 172 valence electrons.